The molecule has 1 aliphatic rings. The van der Waals surface area contributed by atoms with Crippen molar-refractivity contribution >= 4 is 40.1 Å². The Balaban J connectivity index is 1.55. The maximum atomic E-state index is 11.7. The van der Waals surface area contributed by atoms with E-state index >= 15 is 0 Å². The van der Waals surface area contributed by atoms with Gasteiger partial charge in [0.25, 0.3) is 0 Å². The molecule has 0 saturated carbocycles. The number of hydrogen-bond donors (Lipinski definition) is 3. The third-order valence-electron chi connectivity index (χ3n) is 5.98. The van der Waals surface area contributed by atoms with Crippen molar-refractivity contribution in [3.8, 4) is 45.2 Å². The maximum absolute atomic E-state index is 11.7. The van der Waals surface area contributed by atoms with E-state index in [1.54, 1.807) is 9.36 Å². The lowest BCUT2D eigenvalue weighted by Crippen LogP contribution is -2.25. The number of para-hydroxylation sites is 1. The van der Waals surface area contributed by atoms with Gasteiger partial charge < -0.3 is 10.8 Å². The largest absolute Gasteiger partial charge is 0.504 e. The number of thiocarbonyl (C=S) groups is 1. The second-order valence-corrected chi connectivity index (χ2v) is 9.93. The minimum Gasteiger partial charge on any atom is -0.504 e. The maximum Gasteiger partial charge on any atom is 0.191 e. The fourth-order valence-corrected chi connectivity index (χ4v) is 5.10. The summed E-state index contributed by atoms with van der Waals surface area (Å²) in [5, 5.41) is 26.3. The van der Waals surface area contributed by atoms with Gasteiger partial charge in [0.2, 0.25) is 0 Å². The highest BCUT2D eigenvalue weighted by Gasteiger charge is 2.28. The molecule has 3 aromatic carbocycles. The van der Waals surface area contributed by atoms with Crippen molar-refractivity contribution in [2.75, 3.05) is 5.75 Å². The number of thioether (sulfide) groups is 1. The number of rotatable bonds is 5. The summed E-state index contributed by atoms with van der Waals surface area (Å²) in [7, 11) is 0. The molecule has 11 heteroatoms. The summed E-state index contributed by atoms with van der Waals surface area (Å²) in [5.74, 6) is 1.04. The minimum atomic E-state index is 0.0287. The van der Waals surface area contributed by atoms with Gasteiger partial charge in [0.15, 0.2) is 21.9 Å². The number of benzene rings is 3. The van der Waals surface area contributed by atoms with Crippen LogP contribution in [0.1, 0.15) is 0 Å². The number of amidine groups is 1. The smallest absolute Gasteiger partial charge is 0.191 e. The first kappa shape index (κ1) is 24.6. The molecule has 1 aliphatic heterocycles. The fourth-order valence-electron chi connectivity index (χ4n) is 4.24. The lowest BCUT2D eigenvalue weighted by molar-refractivity contribution is 0.479. The molecule has 192 valence electrons. The van der Waals surface area contributed by atoms with Crippen LogP contribution in [0, 0.1) is 0 Å². The van der Waals surface area contributed by atoms with Crippen molar-refractivity contribution in [2.24, 2.45) is 15.8 Å². The van der Waals surface area contributed by atoms with Crippen LogP contribution in [0.15, 0.2) is 107 Å². The second-order valence-electron chi connectivity index (χ2n) is 8.55. The molecule has 0 aliphatic carbocycles. The van der Waals surface area contributed by atoms with E-state index in [1.165, 1.54) is 11.8 Å². The van der Waals surface area contributed by atoms with E-state index in [0.29, 0.717) is 39.4 Å². The van der Waals surface area contributed by atoms with E-state index in [2.05, 4.69) is 15.5 Å². The SMILES string of the molecule is NC(=S)N/N=C1\CSC(n2nc(-c3cn(-c4ccccc4)nc3-c3ccccc3)c(O)c2-c2ccccc2)=N1. The van der Waals surface area contributed by atoms with E-state index in [-0.39, 0.29) is 10.9 Å². The van der Waals surface area contributed by atoms with Crippen molar-refractivity contribution in [3.05, 3.63) is 97.2 Å². The van der Waals surface area contributed by atoms with Gasteiger partial charge in [-0.05, 0) is 24.4 Å². The van der Waals surface area contributed by atoms with E-state index in [1.807, 2.05) is 97.2 Å². The molecular formula is C28H22N8OS2. The Bertz CT molecular complexity index is 1710. The summed E-state index contributed by atoms with van der Waals surface area (Å²) in [6.07, 6.45) is 1.89. The molecule has 0 fully saturated rings. The first-order valence-corrected chi connectivity index (χ1v) is 13.4. The number of nitrogens with one attached hydrogen (secondary N) is 1. The Morgan fingerprint density at radius 2 is 1.54 bits per heavy atom. The molecule has 0 bridgehead atoms. The van der Waals surface area contributed by atoms with Gasteiger partial charge >= 0.3 is 0 Å². The third kappa shape index (κ3) is 4.92. The van der Waals surface area contributed by atoms with Gasteiger partial charge in [-0.2, -0.15) is 15.3 Å². The summed E-state index contributed by atoms with van der Waals surface area (Å²) >= 11 is 6.30. The molecule has 0 atom stereocenters. The van der Waals surface area contributed by atoms with Gasteiger partial charge in [-0.1, -0.05) is 90.6 Å². The highest BCUT2D eigenvalue weighted by Crippen LogP contribution is 2.42. The second kappa shape index (κ2) is 10.6. The van der Waals surface area contributed by atoms with Crippen LogP contribution in [0.3, 0.4) is 0 Å². The van der Waals surface area contributed by atoms with E-state index in [4.69, 9.17) is 28.1 Å². The Kier molecular flexibility index (Phi) is 6.66. The number of nitrogens with two attached hydrogens (primary N) is 1. The predicted molar refractivity (Wildman–Crippen MR) is 160 cm³/mol. The van der Waals surface area contributed by atoms with Gasteiger partial charge in [0.1, 0.15) is 17.1 Å². The van der Waals surface area contributed by atoms with Crippen LogP contribution < -0.4 is 11.2 Å². The summed E-state index contributed by atoms with van der Waals surface area (Å²) in [4.78, 5) is 4.62. The lowest BCUT2D eigenvalue weighted by Gasteiger charge is -2.06. The number of aromatic hydroxyl groups is 1. The van der Waals surface area contributed by atoms with Crippen LogP contribution >= 0.6 is 24.0 Å². The van der Waals surface area contributed by atoms with Crippen LogP contribution in [0.2, 0.25) is 0 Å². The molecule has 2 aromatic heterocycles. The molecule has 39 heavy (non-hydrogen) atoms. The van der Waals surface area contributed by atoms with Crippen LogP contribution in [0.5, 0.6) is 5.75 Å². The molecule has 0 amide bonds. The lowest BCUT2D eigenvalue weighted by atomic mass is 10.0. The summed E-state index contributed by atoms with van der Waals surface area (Å²) in [6, 6.07) is 29.3. The zero-order chi connectivity index (χ0) is 26.8. The zero-order valence-electron chi connectivity index (χ0n) is 20.5. The van der Waals surface area contributed by atoms with Crippen LogP contribution in [-0.4, -0.2) is 46.5 Å². The Hall–Kier alpha value is -4.74. The van der Waals surface area contributed by atoms with Crippen molar-refractivity contribution in [1.82, 2.24) is 25.0 Å². The first-order chi connectivity index (χ1) is 19.1. The third-order valence-corrected chi connectivity index (χ3v) is 6.99. The average molecular weight is 551 g/mol. The molecule has 9 nitrogen and oxygen atoms in total. The number of nitrogens with zero attached hydrogens (tertiary/aromatic N) is 6. The van der Waals surface area contributed by atoms with Gasteiger partial charge in [-0.15, -0.1) is 0 Å². The van der Waals surface area contributed by atoms with Crippen molar-refractivity contribution in [2.45, 2.75) is 0 Å². The normalized spacial score (nSPS) is 13.9. The molecule has 0 spiro atoms. The minimum absolute atomic E-state index is 0.0287. The Labute approximate surface area is 233 Å². The molecule has 0 radical (unpaired) electrons. The number of aromatic nitrogens is 4. The molecule has 5 aromatic rings. The van der Waals surface area contributed by atoms with Crippen LogP contribution in [0.4, 0.5) is 0 Å². The molecular weight excluding hydrogens is 528 g/mol. The number of hydrazone groups is 1. The quantitative estimate of drug-likeness (QED) is 0.211. The molecule has 4 N–H and O–H groups in total. The zero-order valence-corrected chi connectivity index (χ0v) is 22.1. The summed E-state index contributed by atoms with van der Waals surface area (Å²) in [5.41, 5.74) is 13.0. The van der Waals surface area contributed by atoms with E-state index < -0.39 is 0 Å². The molecule has 0 unspecified atom stereocenters. The number of hydrogen-bond acceptors (Lipinski definition) is 6. The Morgan fingerprint density at radius 3 is 2.21 bits per heavy atom. The van der Waals surface area contributed by atoms with Gasteiger partial charge in [-0.3, -0.25) is 5.43 Å². The standard InChI is InChI=1S/C28H22N8OS2/c29-27(38)32-31-22-17-39-28(30-22)36-25(19-12-6-2-7-13-19)26(37)24(34-36)21-16-35(20-14-8-3-9-15-20)33-23(21)18-10-4-1-5-11-18/h1-16,37H,17H2,(H3,29,32,38)/b31-22+. The highest BCUT2D eigenvalue weighted by molar-refractivity contribution is 8.14. The van der Waals surface area contributed by atoms with Crippen molar-refractivity contribution < 1.29 is 5.11 Å². The molecule has 6 rings (SSSR count). The van der Waals surface area contributed by atoms with Gasteiger partial charge in [0.05, 0.1) is 17.0 Å². The van der Waals surface area contributed by atoms with Crippen LogP contribution in [0.25, 0.3) is 39.5 Å². The number of aliphatic imine (C=N–C) groups is 1. The Morgan fingerprint density at radius 1 is 0.897 bits per heavy atom. The average Bonchev–Trinajstić information content (AvgIpc) is 3.70. The van der Waals surface area contributed by atoms with Crippen LogP contribution in [-0.2, 0) is 0 Å². The highest BCUT2D eigenvalue weighted by atomic mass is 32.2. The van der Waals surface area contributed by atoms with Gasteiger partial charge in [-0.25, -0.2) is 14.4 Å². The monoisotopic (exact) mass is 550 g/mol. The fraction of sp³-hybridized carbons (Fsp3) is 0.0357. The summed E-state index contributed by atoms with van der Waals surface area (Å²) in [6.45, 7) is 0. The van der Waals surface area contributed by atoms with Crippen molar-refractivity contribution in [3.63, 3.8) is 0 Å². The van der Waals surface area contributed by atoms with E-state index in [9.17, 15) is 5.11 Å². The molecule has 3 heterocycles. The first-order valence-electron chi connectivity index (χ1n) is 12.0. The topological polar surface area (TPSA) is 119 Å². The van der Waals surface area contributed by atoms with Crippen molar-refractivity contribution in [1.29, 1.82) is 0 Å². The predicted octanol–water partition coefficient (Wildman–Crippen LogP) is 4.87. The molecule has 0 saturated heterocycles. The van der Waals surface area contributed by atoms with Gasteiger partial charge in [0, 0.05) is 17.3 Å². The summed E-state index contributed by atoms with van der Waals surface area (Å²) < 4.78 is 3.45. The van der Waals surface area contributed by atoms with E-state index in [0.717, 1.165) is 16.8 Å².